The van der Waals surface area contributed by atoms with Gasteiger partial charge in [0.15, 0.2) is 5.78 Å². The van der Waals surface area contributed by atoms with Crippen LogP contribution in [0, 0.1) is 5.82 Å². The minimum absolute atomic E-state index is 0.154. The van der Waals surface area contributed by atoms with Gasteiger partial charge in [-0.05, 0) is 43.3 Å². The van der Waals surface area contributed by atoms with E-state index < -0.39 is 11.7 Å². The van der Waals surface area contributed by atoms with Crippen molar-refractivity contribution in [3.05, 3.63) is 59.4 Å². The first-order valence-electron chi connectivity index (χ1n) is 8.16. The molecule has 1 fully saturated rings. The van der Waals surface area contributed by atoms with Gasteiger partial charge in [-0.15, -0.1) is 0 Å². The minimum Gasteiger partial charge on any atom is -0.368 e. The molecule has 0 spiro atoms. The van der Waals surface area contributed by atoms with Gasteiger partial charge in [0, 0.05) is 37.4 Å². The van der Waals surface area contributed by atoms with E-state index >= 15 is 0 Å². The van der Waals surface area contributed by atoms with Gasteiger partial charge in [0.2, 0.25) is 5.91 Å². The SMILES string of the molecule is CC(=O)c1c(F)cccc1N1CCN(c2ccc(C(N)=O)cc2)CC1. The zero-order valence-corrected chi connectivity index (χ0v) is 14.0. The summed E-state index contributed by atoms with van der Waals surface area (Å²) in [6.45, 7) is 4.23. The second-order valence-corrected chi connectivity index (χ2v) is 6.08. The summed E-state index contributed by atoms with van der Waals surface area (Å²) in [6, 6.07) is 11.9. The number of nitrogens with zero attached hydrogens (tertiary/aromatic N) is 2. The maximum Gasteiger partial charge on any atom is 0.248 e. The van der Waals surface area contributed by atoms with Crippen LogP contribution in [0.1, 0.15) is 27.6 Å². The zero-order chi connectivity index (χ0) is 18.0. The molecule has 25 heavy (non-hydrogen) atoms. The lowest BCUT2D eigenvalue weighted by Crippen LogP contribution is -2.47. The predicted octanol–water partition coefficient (Wildman–Crippen LogP) is 2.45. The van der Waals surface area contributed by atoms with Crippen LogP contribution in [0.4, 0.5) is 15.8 Å². The van der Waals surface area contributed by atoms with Gasteiger partial charge in [-0.1, -0.05) is 6.07 Å². The summed E-state index contributed by atoms with van der Waals surface area (Å²) < 4.78 is 14.0. The molecule has 5 nitrogen and oxygen atoms in total. The maximum atomic E-state index is 14.0. The van der Waals surface area contributed by atoms with Crippen molar-refractivity contribution in [1.82, 2.24) is 0 Å². The molecule has 130 valence electrons. The highest BCUT2D eigenvalue weighted by atomic mass is 19.1. The Morgan fingerprint density at radius 1 is 0.960 bits per heavy atom. The number of benzene rings is 2. The molecule has 1 heterocycles. The molecule has 0 unspecified atom stereocenters. The average molecular weight is 341 g/mol. The van der Waals surface area contributed by atoms with Crippen molar-refractivity contribution in [3.8, 4) is 0 Å². The Kier molecular flexibility index (Phi) is 4.70. The molecule has 2 aromatic rings. The van der Waals surface area contributed by atoms with E-state index in [-0.39, 0.29) is 11.3 Å². The quantitative estimate of drug-likeness (QED) is 0.868. The highest BCUT2D eigenvalue weighted by molar-refractivity contribution is 6.00. The lowest BCUT2D eigenvalue weighted by atomic mass is 10.1. The summed E-state index contributed by atoms with van der Waals surface area (Å²) in [5, 5.41) is 0. The number of amides is 1. The first kappa shape index (κ1) is 17.0. The zero-order valence-electron chi connectivity index (χ0n) is 14.0. The third kappa shape index (κ3) is 3.47. The van der Waals surface area contributed by atoms with Crippen LogP contribution in [-0.4, -0.2) is 37.9 Å². The Bertz CT molecular complexity index is 797. The van der Waals surface area contributed by atoms with E-state index in [9.17, 15) is 14.0 Å². The summed E-state index contributed by atoms with van der Waals surface area (Å²) in [5.41, 5.74) is 7.55. The van der Waals surface area contributed by atoms with Crippen LogP contribution >= 0.6 is 0 Å². The second kappa shape index (κ2) is 6.93. The van der Waals surface area contributed by atoms with Crippen molar-refractivity contribution in [2.75, 3.05) is 36.0 Å². The smallest absolute Gasteiger partial charge is 0.248 e. The van der Waals surface area contributed by atoms with E-state index in [1.54, 1.807) is 24.3 Å². The fraction of sp³-hybridized carbons (Fsp3) is 0.263. The molecule has 1 amide bonds. The molecule has 0 atom stereocenters. The lowest BCUT2D eigenvalue weighted by molar-refractivity contribution is 0.0995. The summed E-state index contributed by atoms with van der Waals surface area (Å²) >= 11 is 0. The van der Waals surface area contributed by atoms with E-state index in [2.05, 4.69) is 4.90 Å². The topological polar surface area (TPSA) is 66.6 Å². The number of carbonyl (C=O) groups excluding carboxylic acids is 2. The number of primary amides is 1. The molecule has 0 aliphatic carbocycles. The van der Waals surface area contributed by atoms with Crippen molar-refractivity contribution in [2.45, 2.75) is 6.92 Å². The number of halogens is 1. The molecule has 2 aromatic carbocycles. The number of hydrogen-bond donors (Lipinski definition) is 1. The molecule has 6 heteroatoms. The van der Waals surface area contributed by atoms with Gasteiger partial charge < -0.3 is 15.5 Å². The molecule has 2 N–H and O–H groups in total. The van der Waals surface area contributed by atoms with Gasteiger partial charge in [0.25, 0.3) is 0 Å². The highest BCUT2D eigenvalue weighted by Gasteiger charge is 2.22. The molecule has 0 aromatic heterocycles. The predicted molar refractivity (Wildman–Crippen MR) is 95.8 cm³/mol. The molecular weight excluding hydrogens is 321 g/mol. The normalized spacial score (nSPS) is 14.5. The first-order chi connectivity index (χ1) is 12.0. The van der Waals surface area contributed by atoms with Crippen LogP contribution < -0.4 is 15.5 Å². The summed E-state index contributed by atoms with van der Waals surface area (Å²) in [5.74, 6) is -1.19. The largest absolute Gasteiger partial charge is 0.368 e. The van der Waals surface area contributed by atoms with E-state index in [1.807, 2.05) is 17.0 Å². The van der Waals surface area contributed by atoms with Gasteiger partial charge >= 0.3 is 0 Å². The van der Waals surface area contributed by atoms with Crippen LogP contribution in [0.5, 0.6) is 0 Å². The van der Waals surface area contributed by atoms with Crippen LogP contribution in [0.15, 0.2) is 42.5 Å². The average Bonchev–Trinajstić information content (AvgIpc) is 2.61. The Labute approximate surface area is 145 Å². The van der Waals surface area contributed by atoms with Crippen LogP contribution in [-0.2, 0) is 0 Å². The molecule has 0 bridgehead atoms. The molecule has 0 saturated carbocycles. The summed E-state index contributed by atoms with van der Waals surface area (Å²) in [6.07, 6.45) is 0. The minimum atomic E-state index is -0.477. The van der Waals surface area contributed by atoms with Gasteiger partial charge in [-0.2, -0.15) is 0 Å². The van der Waals surface area contributed by atoms with E-state index in [1.165, 1.54) is 13.0 Å². The highest BCUT2D eigenvalue weighted by Crippen LogP contribution is 2.26. The Morgan fingerprint density at radius 3 is 2.12 bits per heavy atom. The number of ketones is 1. The Balaban J connectivity index is 1.73. The molecule has 3 rings (SSSR count). The van der Waals surface area contributed by atoms with Crippen LogP contribution in [0.2, 0.25) is 0 Å². The molecule has 1 aliphatic rings. The first-order valence-corrected chi connectivity index (χ1v) is 8.16. The number of nitrogens with two attached hydrogens (primary N) is 1. The van der Waals surface area contributed by atoms with E-state index in [4.69, 9.17) is 5.73 Å². The van der Waals surface area contributed by atoms with E-state index in [0.717, 1.165) is 18.8 Å². The monoisotopic (exact) mass is 341 g/mol. The number of anilines is 2. The standard InChI is InChI=1S/C19H20FN3O2/c1-13(24)18-16(20)3-2-4-17(18)23-11-9-22(10-12-23)15-7-5-14(6-8-15)19(21)25/h2-8H,9-12H2,1H3,(H2,21,25). The lowest BCUT2D eigenvalue weighted by Gasteiger charge is -2.38. The molecular formula is C19H20FN3O2. The summed E-state index contributed by atoms with van der Waals surface area (Å²) in [4.78, 5) is 27.2. The second-order valence-electron chi connectivity index (χ2n) is 6.08. The molecule has 1 saturated heterocycles. The van der Waals surface area contributed by atoms with Gasteiger partial charge in [0.05, 0.1) is 11.3 Å². The van der Waals surface area contributed by atoms with Crippen molar-refractivity contribution < 1.29 is 14.0 Å². The van der Waals surface area contributed by atoms with Crippen molar-refractivity contribution in [3.63, 3.8) is 0 Å². The van der Waals surface area contributed by atoms with Crippen LogP contribution in [0.25, 0.3) is 0 Å². The fourth-order valence-corrected chi connectivity index (χ4v) is 3.17. The Hall–Kier alpha value is -2.89. The number of carbonyl (C=O) groups is 2. The molecule has 0 radical (unpaired) electrons. The van der Waals surface area contributed by atoms with Gasteiger partial charge in [0.1, 0.15) is 5.82 Å². The maximum absolute atomic E-state index is 14.0. The third-order valence-electron chi connectivity index (χ3n) is 4.48. The number of piperazine rings is 1. The number of hydrogen-bond acceptors (Lipinski definition) is 4. The van der Waals surface area contributed by atoms with Crippen LogP contribution in [0.3, 0.4) is 0 Å². The Morgan fingerprint density at radius 2 is 1.56 bits per heavy atom. The van der Waals surface area contributed by atoms with Crippen molar-refractivity contribution in [2.24, 2.45) is 5.73 Å². The fourth-order valence-electron chi connectivity index (χ4n) is 3.17. The molecule has 1 aliphatic heterocycles. The third-order valence-corrected chi connectivity index (χ3v) is 4.48. The number of Topliss-reactive ketones (excluding diaryl/α,β-unsaturated/α-hetero) is 1. The number of rotatable bonds is 4. The van der Waals surface area contributed by atoms with Gasteiger partial charge in [-0.3, -0.25) is 9.59 Å². The van der Waals surface area contributed by atoms with Crippen molar-refractivity contribution >= 4 is 23.1 Å². The van der Waals surface area contributed by atoms with E-state index in [0.29, 0.717) is 24.3 Å². The van der Waals surface area contributed by atoms with Gasteiger partial charge in [-0.25, -0.2) is 4.39 Å². The van der Waals surface area contributed by atoms with Crippen molar-refractivity contribution in [1.29, 1.82) is 0 Å². The summed E-state index contributed by atoms with van der Waals surface area (Å²) in [7, 11) is 0.